The number of ether oxygens (including phenoxy) is 2. The largest absolute Gasteiger partial charge is 0.489 e. The van der Waals surface area contributed by atoms with Gasteiger partial charge in [0.1, 0.15) is 18.2 Å². The normalized spacial score (nSPS) is 16.2. The third-order valence-corrected chi connectivity index (χ3v) is 4.48. The number of esters is 1. The van der Waals surface area contributed by atoms with Crippen molar-refractivity contribution in [3.8, 4) is 5.75 Å². The van der Waals surface area contributed by atoms with Crippen LogP contribution in [-0.4, -0.2) is 19.1 Å². The lowest BCUT2D eigenvalue weighted by atomic mass is 9.94. The quantitative estimate of drug-likeness (QED) is 0.746. The van der Waals surface area contributed by atoms with Gasteiger partial charge in [-0.15, -0.1) is 0 Å². The minimum absolute atomic E-state index is 0.101. The van der Waals surface area contributed by atoms with Crippen LogP contribution in [0, 0.1) is 5.82 Å². The molecule has 2 amide bonds. The third-order valence-electron chi connectivity index (χ3n) is 4.48. The monoisotopic (exact) mass is 384 g/mol. The molecule has 1 aliphatic heterocycles. The van der Waals surface area contributed by atoms with Crippen molar-refractivity contribution < 1.29 is 23.5 Å². The van der Waals surface area contributed by atoms with Crippen LogP contribution >= 0.6 is 0 Å². The molecule has 1 heterocycles. The molecule has 146 valence electrons. The van der Waals surface area contributed by atoms with E-state index in [1.807, 2.05) is 6.92 Å². The molecule has 0 fully saturated rings. The van der Waals surface area contributed by atoms with Crippen molar-refractivity contribution in [3.63, 3.8) is 0 Å². The molecule has 3 rings (SSSR count). The summed E-state index contributed by atoms with van der Waals surface area (Å²) in [5.74, 6) is -0.280. The predicted molar refractivity (Wildman–Crippen MR) is 101 cm³/mol. The number of nitrogens with one attached hydrogen (secondary N) is 2. The summed E-state index contributed by atoms with van der Waals surface area (Å²) in [4.78, 5) is 24.2. The molecule has 1 atom stereocenters. The molecule has 0 bridgehead atoms. The molecule has 1 unspecified atom stereocenters. The number of amides is 2. The predicted octanol–water partition coefficient (Wildman–Crippen LogP) is 3.60. The number of urea groups is 1. The maximum atomic E-state index is 13.7. The third kappa shape index (κ3) is 4.14. The van der Waals surface area contributed by atoms with Crippen molar-refractivity contribution in [2.45, 2.75) is 26.0 Å². The molecule has 0 aromatic heterocycles. The summed E-state index contributed by atoms with van der Waals surface area (Å²) in [6.45, 7) is 1.95. The molecule has 2 aromatic carbocycles. The number of carbonyl (C=O) groups is 2. The van der Waals surface area contributed by atoms with Crippen LogP contribution in [0.5, 0.6) is 5.75 Å². The zero-order chi connectivity index (χ0) is 20.1. The fraction of sp³-hybridized carbons (Fsp3) is 0.238. The Labute approximate surface area is 162 Å². The van der Waals surface area contributed by atoms with Gasteiger partial charge in [0.05, 0.1) is 18.7 Å². The summed E-state index contributed by atoms with van der Waals surface area (Å²) in [7, 11) is 1.30. The Morgan fingerprint density at radius 3 is 2.50 bits per heavy atom. The maximum Gasteiger partial charge on any atom is 0.337 e. The minimum Gasteiger partial charge on any atom is -0.489 e. The fourth-order valence-corrected chi connectivity index (χ4v) is 3.03. The Morgan fingerprint density at radius 1 is 1.14 bits per heavy atom. The van der Waals surface area contributed by atoms with Crippen molar-refractivity contribution >= 4 is 12.0 Å². The van der Waals surface area contributed by atoms with E-state index in [-0.39, 0.29) is 18.5 Å². The Hall–Kier alpha value is -3.35. The van der Waals surface area contributed by atoms with E-state index in [1.165, 1.54) is 13.2 Å². The van der Waals surface area contributed by atoms with Gasteiger partial charge in [0, 0.05) is 11.3 Å². The van der Waals surface area contributed by atoms with Crippen LogP contribution < -0.4 is 15.4 Å². The summed E-state index contributed by atoms with van der Waals surface area (Å²) < 4.78 is 24.2. The van der Waals surface area contributed by atoms with Gasteiger partial charge in [0.15, 0.2) is 0 Å². The topological polar surface area (TPSA) is 76.7 Å². The van der Waals surface area contributed by atoms with Crippen LogP contribution in [0.2, 0.25) is 0 Å². The molecule has 28 heavy (non-hydrogen) atoms. The Balaban J connectivity index is 1.80. The first kappa shape index (κ1) is 19.4. The summed E-state index contributed by atoms with van der Waals surface area (Å²) in [5, 5.41) is 5.40. The lowest BCUT2D eigenvalue weighted by Gasteiger charge is -2.28. The number of benzene rings is 2. The molecule has 2 aromatic rings. The molecule has 2 N–H and O–H groups in total. The SMILES string of the molecule is CCC1=C(C(=O)OC)C(c2ccc(OCc3ccccc3F)cc2)NC(=O)N1. The molecule has 0 spiro atoms. The first-order valence-corrected chi connectivity index (χ1v) is 8.88. The number of methoxy groups -OCH3 is 1. The first-order valence-electron chi connectivity index (χ1n) is 8.88. The maximum absolute atomic E-state index is 13.7. The van der Waals surface area contributed by atoms with E-state index >= 15 is 0 Å². The molecule has 0 saturated heterocycles. The van der Waals surface area contributed by atoms with E-state index < -0.39 is 12.0 Å². The second-order valence-electron chi connectivity index (χ2n) is 6.22. The lowest BCUT2D eigenvalue weighted by Crippen LogP contribution is -2.45. The van der Waals surface area contributed by atoms with Gasteiger partial charge in [-0.3, -0.25) is 0 Å². The van der Waals surface area contributed by atoms with Crippen molar-refractivity contribution in [2.24, 2.45) is 0 Å². The lowest BCUT2D eigenvalue weighted by molar-refractivity contribution is -0.136. The Kier molecular flexibility index (Phi) is 5.93. The van der Waals surface area contributed by atoms with Gasteiger partial charge in [-0.25, -0.2) is 14.0 Å². The highest BCUT2D eigenvalue weighted by atomic mass is 19.1. The fourth-order valence-electron chi connectivity index (χ4n) is 3.03. The standard InChI is InChI=1S/C21H21FN2O4/c1-3-17-18(20(25)27-2)19(24-21(26)23-17)13-8-10-15(11-9-13)28-12-14-6-4-5-7-16(14)22/h4-11,19H,3,12H2,1-2H3,(H2,23,24,26). The van der Waals surface area contributed by atoms with Gasteiger partial charge >= 0.3 is 12.0 Å². The highest BCUT2D eigenvalue weighted by Gasteiger charge is 2.32. The van der Waals surface area contributed by atoms with E-state index in [9.17, 15) is 14.0 Å². The number of rotatable bonds is 6. The second kappa shape index (κ2) is 8.56. The van der Waals surface area contributed by atoms with Gasteiger partial charge in [-0.1, -0.05) is 37.3 Å². The minimum atomic E-state index is -0.628. The van der Waals surface area contributed by atoms with Crippen LogP contribution in [0.4, 0.5) is 9.18 Å². The molecular weight excluding hydrogens is 363 g/mol. The van der Waals surface area contributed by atoms with Crippen LogP contribution in [0.15, 0.2) is 59.8 Å². The second-order valence-corrected chi connectivity index (χ2v) is 6.22. The average Bonchev–Trinajstić information content (AvgIpc) is 2.72. The van der Waals surface area contributed by atoms with Crippen LogP contribution in [0.1, 0.15) is 30.5 Å². The smallest absolute Gasteiger partial charge is 0.337 e. The zero-order valence-electron chi connectivity index (χ0n) is 15.6. The molecule has 0 saturated carbocycles. The number of hydrogen-bond acceptors (Lipinski definition) is 4. The van der Waals surface area contributed by atoms with Gasteiger partial charge in [-0.05, 0) is 30.2 Å². The molecular formula is C21H21FN2O4. The molecule has 7 heteroatoms. The number of carbonyl (C=O) groups excluding carboxylic acids is 2. The van der Waals surface area contributed by atoms with Crippen LogP contribution in [0.25, 0.3) is 0 Å². The van der Waals surface area contributed by atoms with Crippen LogP contribution in [-0.2, 0) is 16.1 Å². The first-order chi connectivity index (χ1) is 13.5. The van der Waals surface area contributed by atoms with E-state index in [0.29, 0.717) is 34.6 Å². The summed E-state index contributed by atoms with van der Waals surface area (Å²) in [5.41, 5.74) is 2.06. The van der Waals surface area contributed by atoms with E-state index in [1.54, 1.807) is 42.5 Å². The van der Waals surface area contributed by atoms with Crippen LogP contribution in [0.3, 0.4) is 0 Å². The van der Waals surface area contributed by atoms with E-state index in [4.69, 9.17) is 9.47 Å². The van der Waals surface area contributed by atoms with E-state index in [0.717, 1.165) is 0 Å². The van der Waals surface area contributed by atoms with Gasteiger partial charge < -0.3 is 20.1 Å². The van der Waals surface area contributed by atoms with Crippen molar-refractivity contribution in [3.05, 3.63) is 76.7 Å². The Bertz CT molecular complexity index is 909. The number of hydrogen-bond donors (Lipinski definition) is 2. The summed E-state index contributed by atoms with van der Waals surface area (Å²) >= 11 is 0. The average molecular weight is 384 g/mol. The van der Waals surface area contributed by atoms with Gasteiger partial charge in [-0.2, -0.15) is 0 Å². The number of allylic oxidation sites excluding steroid dienone is 1. The zero-order valence-corrected chi connectivity index (χ0v) is 15.6. The summed E-state index contributed by atoms with van der Waals surface area (Å²) in [6.07, 6.45) is 0.484. The highest BCUT2D eigenvalue weighted by Crippen LogP contribution is 2.30. The van der Waals surface area contributed by atoms with E-state index in [2.05, 4.69) is 10.6 Å². The van der Waals surface area contributed by atoms with Crippen molar-refractivity contribution in [1.29, 1.82) is 0 Å². The van der Waals surface area contributed by atoms with Crippen molar-refractivity contribution in [1.82, 2.24) is 10.6 Å². The van der Waals surface area contributed by atoms with Gasteiger partial charge in [0.2, 0.25) is 0 Å². The molecule has 0 aliphatic carbocycles. The molecule has 6 nitrogen and oxygen atoms in total. The molecule has 1 aliphatic rings. The van der Waals surface area contributed by atoms with Gasteiger partial charge in [0.25, 0.3) is 0 Å². The number of halogens is 1. The van der Waals surface area contributed by atoms with Crippen molar-refractivity contribution in [2.75, 3.05) is 7.11 Å². The highest BCUT2D eigenvalue weighted by molar-refractivity contribution is 5.95. The molecule has 0 radical (unpaired) electrons. The Morgan fingerprint density at radius 2 is 1.86 bits per heavy atom. The summed E-state index contributed by atoms with van der Waals surface area (Å²) in [6, 6.07) is 12.3.